The third kappa shape index (κ3) is 1.88. The van der Waals surface area contributed by atoms with Crippen molar-refractivity contribution in [2.75, 3.05) is 7.11 Å². The monoisotopic (exact) mass is 256 g/mol. The maximum Gasteiger partial charge on any atom is 0.314 e. The number of carboxylic acids is 1. The van der Waals surface area contributed by atoms with E-state index in [1.807, 2.05) is 0 Å². The Balaban J connectivity index is 2.44. The van der Waals surface area contributed by atoms with Crippen LogP contribution in [0.5, 0.6) is 0 Å². The van der Waals surface area contributed by atoms with Crippen molar-refractivity contribution in [2.45, 2.75) is 31.3 Å². The molecule has 0 aromatic heterocycles. The van der Waals surface area contributed by atoms with Crippen LogP contribution < -0.4 is 0 Å². The lowest BCUT2D eigenvalue weighted by molar-refractivity contribution is -0.147. The van der Waals surface area contributed by atoms with Crippen LogP contribution in [0.25, 0.3) is 0 Å². The molecule has 1 aliphatic rings. The fraction of sp³-hybridized carbons (Fsp3) is 0.462. The SMILES string of the molecule is COCc1c(F)cc(C2(C(=O)O)CCC2)cc1F. The third-order valence-electron chi connectivity index (χ3n) is 3.60. The predicted molar refractivity (Wildman–Crippen MR) is 60.2 cm³/mol. The molecule has 1 aromatic carbocycles. The zero-order valence-electron chi connectivity index (χ0n) is 10.0. The van der Waals surface area contributed by atoms with Gasteiger partial charge in [-0.05, 0) is 30.5 Å². The molecule has 0 spiro atoms. The lowest BCUT2D eigenvalue weighted by Crippen LogP contribution is -2.42. The second-order valence-corrected chi connectivity index (χ2v) is 4.59. The Hall–Kier alpha value is -1.49. The Kier molecular flexibility index (Phi) is 3.34. The first-order chi connectivity index (χ1) is 8.51. The fourth-order valence-electron chi connectivity index (χ4n) is 2.32. The number of hydrogen-bond acceptors (Lipinski definition) is 2. The molecule has 0 heterocycles. The van der Waals surface area contributed by atoms with Crippen LogP contribution >= 0.6 is 0 Å². The lowest BCUT2D eigenvalue weighted by atomic mass is 9.64. The Morgan fingerprint density at radius 3 is 2.28 bits per heavy atom. The summed E-state index contributed by atoms with van der Waals surface area (Å²) in [5.74, 6) is -2.52. The van der Waals surface area contributed by atoms with Crippen molar-refractivity contribution in [1.29, 1.82) is 0 Å². The van der Waals surface area contributed by atoms with Crippen molar-refractivity contribution in [1.82, 2.24) is 0 Å². The number of carboxylic acid groups (broad SMARTS) is 1. The predicted octanol–water partition coefficient (Wildman–Crippen LogP) is 2.62. The Morgan fingerprint density at radius 2 is 1.94 bits per heavy atom. The maximum absolute atomic E-state index is 13.7. The van der Waals surface area contributed by atoms with Crippen LogP contribution in [-0.4, -0.2) is 18.2 Å². The summed E-state index contributed by atoms with van der Waals surface area (Å²) < 4.78 is 32.2. The molecule has 18 heavy (non-hydrogen) atoms. The molecule has 1 fully saturated rings. The molecule has 98 valence electrons. The van der Waals surface area contributed by atoms with Crippen molar-refractivity contribution < 1.29 is 23.4 Å². The molecule has 3 nitrogen and oxygen atoms in total. The molecule has 0 saturated heterocycles. The Labute approximate surface area is 103 Å². The van der Waals surface area contributed by atoms with Crippen molar-refractivity contribution >= 4 is 5.97 Å². The minimum atomic E-state index is -1.12. The molecule has 0 radical (unpaired) electrons. The van der Waals surface area contributed by atoms with Gasteiger partial charge >= 0.3 is 5.97 Å². The summed E-state index contributed by atoms with van der Waals surface area (Å²) in [7, 11) is 1.34. The topological polar surface area (TPSA) is 46.5 Å². The number of methoxy groups -OCH3 is 1. The average Bonchev–Trinajstić information content (AvgIpc) is 2.21. The van der Waals surface area contributed by atoms with Gasteiger partial charge in [0.1, 0.15) is 11.6 Å². The van der Waals surface area contributed by atoms with E-state index in [9.17, 15) is 18.7 Å². The van der Waals surface area contributed by atoms with Gasteiger partial charge in [0.05, 0.1) is 12.0 Å². The number of benzene rings is 1. The van der Waals surface area contributed by atoms with Crippen LogP contribution in [0, 0.1) is 11.6 Å². The molecular formula is C13H14F2O3. The lowest BCUT2D eigenvalue weighted by Gasteiger charge is -2.38. The molecule has 1 N–H and O–H groups in total. The van der Waals surface area contributed by atoms with Crippen molar-refractivity contribution in [3.05, 3.63) is 34.9 Å². The van der Waals surface area contributed by atoms with Gasteiger partial charge in [-0.3, -0.25) is 4.79 Å². The van der Waals surface area contributed by atoms with Crippen molar-refractivity contribution in [3.63, 3.8) is 0 Å². The van der Waals surface area contributed by atoms with Crippen LogP contribution in [0.4, 0.5) is 8.78 Å². The number of ether oxygens (including phenoxy) is 1. The first-order valence-corrected chi connectivity index (χ1v) is 5.72. The highest BCUT2D eigenvalue weighted by molar-refractivity contribution is 5.82. The summed E-state index contributed by atoms with van der Waals surface area (Å²) >= 11 is 0. The van der Waals surface area contributed by atoms with Crippen LogP contribution in [0.2, 0.25) is 0 Å². The standard InChI is InChI=1S/C13H14F2O3/c1-18-7-9-10(14)5-8(6-11(9)15)13(12(16)17)3-2-4-13/h5-6H,2-4,7H2,1H3,(H,16,17). The number of carbonyl (C=O) groups is 1. The van der Waals surface area contributed by atoms with Crippen molar-refractivity contribution in [2.24, 2.45) is 0 Å². The van der Waals surface area contributed by atoms with E-state index >= 15 is 0 Å². The highest BCUT2D eigenvalue weighted by Gasteiger charge is 2.46. The van der Waals surface area contributed by atoms with Crippen molar-refractivity contribution in [3.8, 4) is 0 Å². The molecule has 2 rings (SSSR count). The average molecular weight is 256 g/mol. The zero-order chi connectivity index (χ0) is 13.3. The molecule has 0 atom stereocenters. The van der Waals surface area contributed by atoms with Gasteiger partial charge in [-0.2, -0.15) is 0 Å². The minimum absolute atomic E-state index is 0.166. The van der Waals surface area contributed by atoms with E-state index < -0.39 is 23.0 Å². The van der Waals surface area contributed by atoms with Gasteiger partial charge in [0.2, 0.25) is 0 Å². The summed E-state index contributed by atoms with van der Waals surface area (Å²) in [5, 5.41) is 9.22. The molecule has 0 unspecified atom stereocenters. The number of hydrogen-bond donors (Lipinski definition) is 1. The van der Waals surface area contributed by atoms with Gasteiger partial charge in [-0.15, -0.1) is 0 Å². The van der Waals surface area contributed by atoms with E-state index in [1.54, 1.807) is 0 Å². The molecule has 0 aliphatic heterocycles. The number of halogens is 2. The molecule has 0 amide bonds. The fourth-order valence-corrected chi connectivity index (χ4v) is 2.32. The quantitative estimate of drug-likeness (QED) is 0.900. The molecule has 1 aliphatic carbocycles. The highest BCUT2D eigenvalue weighted by Crippen LogP contribution is 2.44. The largest absolute Gasteiger partial charge is 0.481 e. The summed E-state index contributed by atoms with van der Waals surface area (Å²) in [5.41, 5.74) is -1.08. The zero-order valence-corrected chi connectivity index (χ0v) is 10.0. The summed E-state index contributed by atoms with van der Waals surface area (Å²) in [6.45, 7) is -0.169. The molecule has 1 aromatic rings. The van der Waals surface area contributed by atoms with Gasteiger partial charge in [0.25, 0.3) is 0 Å². The second kappa shape index (κ2) is 4.65. The highest BCUT2D eigenvalue weighted by atomic mass is 19.1. The van der Waals surface area contributed by atoms with E-state index in [0.29, 0.717) is 12.8 Å². The first kappa shape index (κ1) is 13.0. The van der Waals surface area contributed by atoms with Crippen LogP contribution in [0.15, 0.2) is 12.1 Å². The van der Waals surface area contributed by atoms with Gasteiger partial charge < -0.3 is 9.84 Å². The number of aliphatic carboxylic acids is 1. The van der Waals surface area contributed by atoms with E-state index in [0.717, 1.165) is 18.6 Å². The van der Waals surface area contributed by atoms with E-state index in [2.05, 4.69) is 0 Å². The molecule has 0 bridgehead atoms. The Bertz CT molecular complexity index is 458. The summed E-state index contributed by atoms with van der Waals surface area (Å²) in [6, 6.07) is 2.23. The van der Waals surface area contributed by atoms with E-state index in [4.69, 9.17) is 4.74 Å². The van der Waals surface area contributed by atoms with Gasteiger partial charge in [0, 0.05) is 12.7 Å². The van der Waals surface area contributed by atoms with Gasteiger partial charge in [-0.1, -0.05) is 6.42 Å². The second-order valence-electron chi connectivity index (χ2n) is 4.59. The molecule has 1 saturated carbocycles. The Morgan fingerprint density at radius 1 is 1.39 bits per heavy atom. The minimum Gasteiger partial charge on any atom is -0.481 e. The first-order valence-electron chi connectivity index (χ1n) is 5.72. The smallest absolute Gasteiger partial charge is 0.314 e. The van der Waals surface area contributed by atoms with Crippen LogP contribution in [0.1, 0.15) is 30.4 Å². The van der Waals surface area contributed by atoms with Gasteiger partial charge in [0.15, 0.2) is 0 Å². The third-order valence-corrected chi connectivity index (χ3v) is 3.60. The normalized spacial score (nSPS) is 17.3. The molecular weight excluding hydrogens is 242 g/mol. The van der Waals surface area contributed by atoms with Gasteiger partial charge in [-0.25, -0.2) is 8.78 Å². The van der Waals surface area contributed by atoms with E-state index in [-0.39, 0.29) is 17.7 Å². The summed E-state index contributed by atoms with van der Waals surface area (Å²) in [6.07, 6.45) is 1.60. The van der Waals surface area contributed by atoms with Crippen LogP contribution in [0.3, 0.4) is 0 Å². The van der Waals surface area contributed by atoms with Crippen LogP contribution in [-0.2, 0) is 21.6 Å². The van der Waals surface area contributed by atoms with E-state index in [1.165, 1.54) is 7.11 Å². The maximum atomic E-state index is 13.7. The summed E-state index contributed by atoms with van der Waals surface area (Å²) in [4.78, 5) is 11.3. The number of rotatable bonds is 4. The molecule has 5 heteroatoms.